The van der Waals surface area contributed by atoms with Gasteiger partial charge in [0.15, 0.2) is 0 Å². The first-order valence-electron chi connectivity index (χ1n) is 6.01. The molecule has 6 nitrogen and oxygen atoms in total. The molecule has 0 radical (unpaired) electrons. The van der Waals surface area contributed by atoms with E-state index in [0.717, 1.165) is 31.7 Å². The van der Waals surface area contributed by atoms with Crippen molar-refractivity contribution in [3.63, 3.8) is 0 Å². The minimum atomic E-state index is -0.525. The lowest BCUT2D eigenvalue weighted by Gasteiger charge is -2.17. The number of carbonyl (C=O) groups excluding carboxylic acids is 1. The van der Waals surface area contributed by atoms with Crippen molar-refractivity contribution in [3.8, 4) is 0 Å². The molecule has 1 unspecified atom stereocenters. The zero-order chi connectivity index (χ0) is 13.0. The minimum absolute atomic E-state index is 0.0839. The van der Waals surface area contributed by atoms with Gasteiger partial charge in [0.05, 0.1) is 7.11 Å². The maximum atomic E-state index is 11.3. The molecule has 2 heterocycles. The van der Waals surface area contributed by atoms with Crippen LogP contribution in [0.4, 0.5) is 5.82 Å². The third kappa shape index (κ3) is 2.76. The van der Waals surface area contributed by atoms with Gasteiger partial charge in [-0.2, -0.15) is 0 Å². The molecule has 0 amide bonds. The largest absolute Gasteiger partial charge is 0.463 e. The Bertz CT molecular complexity index is 425. The van der Waals surface area contributed by atoms with Crippen LogP contribution in [0.1, 0.15) is 23.5 Å². The van der Waals surface area contributed by atoms with E-state index in [1.807, 2.05) is 0 Å². The van der Waals surface area contributed by atoms with Crippen LogP contribution in [-0.2, 0) is 4.74 Å². The molecule has 1 fully saturated rings. The Morgan fingerprint density at radius 1 is 1.67 bits per heavy atom. The number of aliphatic hydroxyl groups is 1. The second kappa shape index (κ2) is 5.77. The maximum Gasteiger partial charge on any atom is 0.376 e. The highest BCUT2D eigenvalue weighted by atomic mass is 16.5. The smallest absolute Gasteiger partial charge is 0.376 e. The Labute approximate surface area is 106 Å². The van der Waals surface area contributed by atoms with Crippen LogP contribution in [-0.4, -0.2) is 47.8 Å². The van der Waals surface area contributed by atoms with E-state index in [2.05, 4.69) is 19.6 Å². The van der Waals surface area contributed by atoms with Gasteiger partial charge in [-0.3, -0.25) is 0 Å². The molecule has 1 aliphatic rings. The fourth-order valence-corrected chi connectivity index (χ4v) is 2.17. The van der Waals surface area contributed by atoms with Crippen molar-refractivity contribution in [2.24, 2.45) is 5.92 Å². The number of anilines is 1. The first kappa shape index (κ1) is 12.8. The van der Waals surface area contributed by atoms with Crippen LogP contribution >= 0.6 is 0 Å². The van der Waals surface area contributed by atoms with Crippen LogP contribution in [0.5, 0.6) is 0 Å². The molecule has 98 valence electrons. The van der Waals surface area contributed by atoms with Crippen molar-refractivity contribution in [2.75, 3.05) is 31.7 Å². The lowest BCUT2D eigenvalue weighted by atomic mass is 10.1. The summed E-state index contributed by atoms with van der Waals surface area (Å²) in [4.78, 5) is 21.5. The zero-order valence-corrected chi connectivity index (χ0v) is 10.4. The van der Waals surface area contributed by atoms with Crippen LogP contribution in [0.15, 0.2) is 12.3 Å². The van der Waals surface area contributed by atoms with Gasteiger partial charge >= 0.3 is 5.97 Å². The molecule has 6 heteroatoms. The van der Waals surface area contributed by atoms with Crippen LogP contribution in [0.2, 0.25) is 0 Å². The highest BCUT2D eigenvalue weighted by Crippen LogP contribution is 2.23. The summed E-state index contributed by atoms with van der Waals surface area (Å²) in [7, 11) is 1.31. The van der Waals surface area contributed by atoms with Gasteiger partial charge in [-0.25, -0.2) is 14.8 Å². The Morgan fingerprint density at radius 2 is 2.50 bits per heavy atom. The lowest BCUT2D eigenvalue weighted by molar-refractivity contribution is 0.0587. The first-order chi connectivity index (χ1) is 8.74. The molecule has 0 saturated carbocycles. The predicted octanol–water partition coefficient (Wildman–Crippen LogP) is 0.472. The predicted molar refractivity (Wildman–Crippen MR) is 65.4 cm³/mol. The van der Waals surface area contributed by atoms with Crippen molar-refractivity contribution < 1.29 is 14.6 Å². The third-order valence-corrected chi connectivity index (χ3v) is 3.16. The number of rotatable bonds is 4. The Balaban J connectivity index is 2.08. The van der Waals surface area contributed by atoms with E-state index in [1.54, 1.807) is 12.3 Å². The third-order valence-electron chi connectivity index (χ3n) is 3.16. The van der Waals surface area contributed by atoms with Crippen LogP contribution in [0, 0.1) is 5.92 Å². The summed E-state index contributed by atoms with van der Waals surface area (Å²) in [5, 5.41) is 8.93. The van der Waals surface area contributed by atoms with Gasteiger partial charge in [0.2, 0.25) is 5.82 Å². The molecule has 1 aromatic heterocycles. The van der Waals surface area contributed by atoms with Gasteiger partial charge in [0.25, 0.3) is 0 Å². The number of carbonyl (C=O) groups is 1. The van der Waals surface area contributed by atoms with E-state index in [1.165, 1.54) is 7.11 Å². The molecule has 0 aliphatic carbocycles. The van der Waals surface area contributed by atoms with Gasteiger partial charge in [-0.15, -0.1) is 0 Å². The van der Waals surface area contributed by atoms with Gasteiger partial charge in [0.1, 0.15) is 5.82 Å². The number of hydrogen-bond donors (Lipinski definition) is 1. The topological polar surface area (TPSA) is 75.5 Å². The van der Waals surface area contributed by atoms with E-state index in [0.29, 0.717) is 5.92 Å². The highest BCUT2D eigenvalue weighted by Gasteiger charge is 2.23. The van der Waals surface area contributed by atoms with Crippen molar-refractivity contribution in [1.82, 2.24) is 9.97 Å². The molecule has 0 aromatic carbocycles. The average Bonchev–Trinajstić information content (AvgIpc) is 2.87. The Morgan fingerprint density at radius 3 is 3.22 bits per heavy atom. The number of esters is 1. The number of aromatic nitrogens is 2. The molecule has 1 aromatic rings. The number of methoxy groups -OCH3 is 1. The number of nitrogens with zero attached hydrogens (tertiary/aromatic N) is 3. The monoisotopic (exact) mass is 251 g/mol. The average molecular weight is 251 g/mol. The molecule has 1 N–H and O–H groups in total. The zero-order valence-electron chi connectivity index (χ0n) is 10.4. The summed E-state index contributed by atoms with van der Waals surface area (Å²) >= 11 is 0. The quantitative estimate of drug-likeness (QED) is 0.784. The van der Waals surface area contributed by atoms with Crippen molar-refractivity contribution in [1.29, 1.82) is 0 Å². The fraction of sp³-hybridized carbons (Fsp3) is 0.583. The molecule has 0 bridgehead atoms. The lowest BCUT2D eigenvalue weighted by Crippen LogP contribution is -2.22. The second-order valence-corrected chi connectivity index (χ2v) is 4.34. The fourth-order valence-electron chi connectivity index (χ4n) is 2.17. The van der Waals surface area contributed by atoms with Crippen LogP contribution < -0.4 is 4.90 Å². The molecule has 18 heavy (non-hydrogen) atoms. The summed E-state index contributed by atoms with van der Waals surface area (Å²) in [6.45, 7) is 1.97. The Kier molecular flexibility index (Phi) is 4.09. The standard InChI is InChI=1S/C12H17N3O3/c1-18-12(17)11-13-5-2-10(14-11)15-6-3-9(8-15)4-7-16/h2,5,9,16H,3-4,6-8H2,1H3. The summed E-state index contributed by atoms with van der Waals surface area (Å²) in [6.07, 6.45) is 3.41. The molecule has 1 saturated heterocycles. The van der Waals surface area contributed by atoms with E-state index in [-0.39, 0.29) is 12.4 Å². The maximum absolute atomic E-state index is 11.3. The number of ether oxygens (including phenoxy) is 1. The van der Waals surface area contributed by atoms with Crippen molar-refractivity contribution in [2.45, 2.75) is 12.8 Å². The molecule has 0 spiro atoms. The molecular weight excluding hydrogens is 234 g/mol. The van der Waals surface area contributed by atoms with Gasteiger partial charge in [-0.1, -0.05) is 0 Å². The summed E-state index contributed by atoms with van der Waals surface area (Å²) in [5.41, 5.74) is 0. The molecule has 2 rings (SSSR count). The number of hydrogen-bond acceptors (Lipinski definition) is 6. The van der Waals surface area contributed by atoms with Crippen molar-refractivity contribution in [3.05, 3.63) is 18.1 Å². The molecule has 1 aliphatic heterocycles. The molecular formula is C12H17N3O3. The van der Waals surface area contributed by atoms with Crippen LogP contribution in [0.25, 0.3) is 0 Å². The van der Waals surface area contributed by atoms with E-state index in [9.17, 15) is 4.79 Å². The van der Waals surface area contributed by atoms with Gasteiger partial charge in [0, 0.05) is 25.9 Å². The first-order valence-corrected chi connectivity index (χ1v) is 6.01. The number of aliphatic hydroxyl groups excluding tert-OH is 1. The van der Waals surface area contributed by atoms with Crippen LogP contribution in [0.3, 0.4) is 0 Å². The summed E-state index contributed by atoms with van der Waals surface area (Å²) < 4.78 is 4.60. The highest BCUT2D eigenvalue weighted by molar-refractivity contribution is 5.85. The van der Waals surface area contributed by atoms with E-state index < -0.39 is 5.97 Å². The van der Waals surface area contributed by atoms with E-state index >= 15 is 0 Å². The van der Waals surface area contributed by atoms with Gasteiger partial charge in [-0.05, 0) is 24.8 Å². The Hall–Kier alpha value is -1.69. The van der Waals surface area contributed by atoms with Crippen molar-refractivity contribution >= 4 is 11.8 Å². The summed E-state index contributed by atoms with van der Waals surface area (Å²) in [5.74, 6) is 0.793. The normalized spacial score (nSPS) is 19.0. The van der Waals surface area contributed by atoms with E-state index in [4.69, 9.17) is 5.11 Å². The SMILES string of the molecule is COC(=O)c1nccc(N2CCC(CCO)C2)n1. The summed E-state index contributed by atoms with van der Waals surface area (Å²) in [6, 6.07) is 1.79. The minimum Gasteiger partial charge on any atom is -0.463 e. The van der Waals surface area contributed by atoms with Gasteiger partial charge < -0.3 is 14.7 Å². The molecule has 1 atom stereocenters. The second-order valence-electron chi connectivity index (χ2n) is 4.34.